The fraction of sp³-hybridized carbons (Fsp3) is 0.267. The summed E-state index contributed by atoms with van der Waals surface area (Å²) in [5.74, 6) is 0.822. The second-order valence-electron chi connectivity index (χ2n) is 5.24. The lowest BCUT2D eigenvalue weighted by atomic mass is 9.95. The van der Waals surface area contributed by atoms with E-state index in [0.29, 0.717) is 5.56 Å². The average molecular weight is 237 g/mol. The highest BCUT2D eigenvalue weighted by atomic mass is 14.9. The highest BCUT2D eigenvalue weighted by Gasteiger charge is 2.16. The van der Waals surface area contributed by atoms with Crippen molar-refractivity contribution in [2.45, 2.75) is 26.2 Å². The number of hydrogen-bond donors (Lipinski definition) is 0. The Hall–Kier alpha value is -2.21. The van der Waals surface area contributed by atoms with E-state index >= 15 is 0 Å². The summed E-state index contributed by atoms with van der Waals surface area (Å²) in [5, 5.41) is 8.88. The van der Waals surface area contributed by atoms with Crippen LogP contribution in [0.25, 0.3) is 11.1 Å². The van der Waals surface area contributed by atoms with E-state index in [9.17, 15) is 0 Å². The molecule has 90 valence electrons. The number of nitrogens with zero attached hydrogens (tertiary/aromatic N) is 3. The van der Waals surface area contributed by atoms with E-state index in [1.54, 1.807) is 6.07 Å². The van der Waals surface area contributed by atoms with Crippen LogP contribution >= 0.6 is 0 Å². The van der Waals surface area contributed by atoms with Crippen LogP contribution in [0, 0.1) is 11.3 Å². The first kappa shape index (κ1) is 12.3. The molecule has 1 heterocycles. The summed E-state index contributed by atoms with van der Waals surface area (Å²) in [6.07, 6.45) is 3.62. The summed E-state index contributed by atoms with van der Waals surface area (Å²) >= 11 is 0. The molecule has 1 aromatic carbocycles. The van der Waals surface area contributed by atoms with Gasteiger partial charge in [0.1, 0.15) is 5.82 Å². The van der Waals surface area contributed by atoms with E-state index in [1.165, 1.54) is 0 Å². The van der Waals surface area contributed by atoms with Gasteiger partial charge in [-0.1, -0.05) is 32.9 Å². The zero-order chi connectivity index (χ0) is 13.2. The standard InChI is InChI=1S/C15H15N3/c1-15(2,3)14-17-9-13(10-18-14)12-6-4-5-11(7-12)8-16/h4-7,9-10H,1-3H3. The van der Waals surface area contributed by atoms with Crippen LogP contribution in [0.2, 0.25) is 0 Å². The Bertz CT molecular complexity index is 586. The molecule has 0 saturated carbocycles. The van der Waals surface area contributed by atoms with Gasteiger partial charge in [0.15, 0.2) is 0 Å². The molecular weight excluding hydrogens is 222 g/mol. The van der Waals surface area contributed by atoms with Crippen LogP contribution in [0.4, 0.5) is 0 Å². The predicted molar refractivity (Wildman–Crippen MR) is 70.9 cm³/mol. The van der Waals surface area contributed by atoms with Crippen LogP contribution in [0.3, 0.4) is 0 Å². The van der Waals surface area contributed by atoms with E-state index in [-0.39, 0.29) is 5.41 Å². The van der Waals surface area contributed by atoms with Crippen LogP contribution in [0.15, 0.2) is 36.7 Å². The summed E-state index contributed by atoms with van der Waals surface area (Å²) < 4.78 is 0. The molecular formula is C15H15N3. The molecule has 2 aromatic rings. The fourth-order valence-electron chi connectivity index (χ4n) is 1.63. The zero-order valence-electron chi connectivity index (χ0n) is 10.8. The van der Waals surface area contributed by atoms with Crippen molar-refractivity contribution in [2.24, 2.45) is 0 Å². The third kappa shape index (κ3) is 2.54. The first-order valence-corrected chi connectivity index (χ1v) is 5.84. The number of benzene rings is 1. The van der Waals surface area contributed by atoms with E-state index < -0.39 is 0 Å². The topological polar surface area (TPSA) is 49.6 Å². The highest BCUT2D eigenvalue weighted by Crippen LogP contribution is 2.22. The summed E-state index contributed by atoms with van der Waals surface area (Å²) in [7, 11) is 0. The first-order valence-electron chi connectivity index (χ1n) is 5.84. The Labute approximate surface area is 107 Å². The van der Waals surface area contributed by atoms with Crippen molar-refractivity contribution in [1.82, 2.24) is 9.97 Å². The predicted octanol–water partition coefficient (Wildman–Crippen LogP) is 3.31. The third-order valence-corrected chi connectivity index (χ3v) is 2.65. The number of nitriles is 1. The van der Waals surface area contributed by atoms with Crippen molar-refractivity contribution in [1.29, 1.82) is 5.26 Å². The molecule has 0 bridgehead atoms. The molecule has 0 saturated heterocycles. The molecule has 2 rings (SSSR count). The molecule has 0 fully saturated rings. The van der Waals surface area contributed by atoms with Crippen LogP contribution in [-0.4, -0.2) is 9.97 Å². The van der Waals surface area contributed by atoms with Crippen LogP contribution < -0.4 is 0 Å². The zero-order valence-corrected chi connectivity index (χ0v) is 10.8. The summed E-state index contributed by atoms with van der Waals surface area (Å²) in [5.41, 5.74) is 2.49. The van der Waals surface area contributed by atoms with Gasteiger partial charge in [0, 0.05) is 23.4 Å². The highest BCUT2D eigenvalue weighted by molar-refractivity contribution is 5.63. The van der Waals surface area contributed by atoms with Crippen molar-refractivity contribution in [3.05, 3.63) is 48.0 Å². The van der Waals surface area contributed by atoms with Gasteiger partial charge < -0.3 is 0 Å². The number of rotatable bonds is 1. The lowest BCUT2D eigenvalue weighted by Crippen LogP contribution is -2.15. The van der Waals surface area contributed by atoms with Gasteiger partial charge in [-0.05, 0) is 17.7 Å². The van der Waals surface area contributed by atoms with Gasteiger partial charge in [0.2, 0.25) is 0 Å². The van der Waals surface area contributed by atoms with Gasteiger partial charge in [-0.3, -0.25) is 0 Å². The Balaban J connectivity index is 2.38. The smallest absolute Gasteiger partial charge is 0.133 e. The average Bonchev–Trinajstić information content (AvgIpc) is 2.38. The van der Waals surface area contributed by atoms with E-state index in [0.717, 1.165) is 17.0 Å². The second kappa shape index (κ2) is 4.58. The third-order valence-electron chi connectivity index (χ3n) is 2.65. The monoisotopic (exact) mass is 237 g/mol. The minimum absolute atomic E-state index is 0.0486. The lowest BCUT2D eigenvalue weighted by molar-refractivity contribution is 0.545. The van der Waals surface area contributed by atoms with Crippen molar-refractivity contribution in [3.63, 3.8) is 0 Å². The molecule has 0 amide bonds. The summed E-state index contributed by atoms with van der Waals surface area (Å²) in [6, 6.07) is 9.58. The van der Waals surface area contributed by atoms with Crippen molar-refractivity contribution in [3.8, 4) is 17.2 Å². The lowest BCUT2D eigenvalue weighted by Gasteiger charge is -2.16. The first-order chi connectivity index (χ1) is 8.50. The molecule has 0 aliphatic heterocycles. The quantitative estimate of drug-likeness (QED) is 0.764. The Morgan fingerprint density at radius 3 is 2.28 bits per heavy atom. The normalized spacial score (nSPS) is 11.0. The number of aromatic nitrogens is 2. The molecule has 0 atom stereocenters. The molecule has 0 unspecified atom stereocenters. The molecule has 3 nitrogen and oxygen atoms in total. The van der Waals surface area contributed by atoms with Crippen molar-refractivity contribution in [2.75, 3.05) is 0 Å². The van der Waals surface area contributed by atoms with Gasteiger partial charge in [-0.15, -0.1) is 0 Å². The van der Waals surface area contributed by atoms with Gasteiger partial charge in [0.25, 0.3) is 0 Å². The minimum atomic E-state index is -0.0486. The van der Waals surface area contributed by atoms with Gasteiger partial charge in [-0.25, -0.2) is 9.97 Å². The Morgan fingerprint density at radius 1 is 1.06 bits per heavy atom. The van der Waals surface area contributed by atoms with Gasteiger partial charge in [0.05, 0.1) is 11.6 Å². The van der Waals surface area contributed by atoms with Crippen molar-refractivity contribution < 1.29 is 0 Å². The van der Waals surface area contributed by atoms with E-state index in [4.69, 9.17) is 5.26 Å². The summed E-state index contributed by atoms with van der Waals surface area (Å²) in [6.45, 7) is 6.24. The second-order valence-corrected chi connectivity index (χ2v) is 5.24. The Kier molecular flexibility index (Phi) is 3.12. The maximum absolute atomic E-state index is 8.88. The van der Waals surface area contributed by atoms with Gasteiger partial charge in [-0.2, -0.15) is 5.26 Å². The molecule has 0 aliphatic carbocycles. The maximum Gasteiger partial charge on any atom is 0.133 e. The molecule has 0 N–H and O–H groups in total. The number of hydrogen-bond acceptors (Lipinski definition) is 3. The van der Waals surface area contributed by atoms with Crippen LogP contribution in [-0.2, 0) is 5.41 Å². The van der Waals surface area contributed by atoms with Crippen molar-refractivity contribution >= 4 is 0 Å². The molecule has 0 radical (unpaired) electrons. The largest absolute Gasteiger partial charge is 0.240 e. The SMILES string of the molecule is CC(C)(C)c1ncc(-c2cccc(C#N)c2)cn1. The molecule has 0 spiro atoms. The fourth-order valence-corrected chi connectivity index (χ4v) is 1.63. The van der Waals surface area contributed by atoms with Gasteiger partial charge >= 0.3 is 0 Å². The van der Waals surface area contributed by atoms with Crippen LogP contribution in [0.1, 0.15) is 32.2 Å². The maximum atomic E-state index is 8.88. The summed E-state index contributed by atoms with van der Waals surface area (Å²) in [4.78, 5) is 8.78. The molecule has 1 aromatic heterocycles. The molecule has 3 heteroatoms. The van der Waals surface area contributed by atoms with E-state index in [2.05, 4.69) is 36.8 Å². The Morgan fingerprint density at radius 2 is 1.72 bits per heavy atom. The molecule has 18 heavy (non-hydrogen) atoms. The minimum Gasteiger partial charge on any atom is -0.240 e. The van der Waals surface area contributed by atoms with E-state index in [1.807, 2.05) is 30.6 Å². The molecule has 0 aliphatic rings. The van der Waals surface area contributed by atoms with Crippen LogP contribution in [0.5, 0.6) is 0 Å².